The molecule has 2 atom stereocenters. The van der Waals surface area contributed by atoms with E-state index in [9.17, 15) is 8.42 Å². The lowest BCUT2D eigenvalue weighted by atomic mass is 9.78. The topological polar surface area (TPSA) is 74.8 Å². The lowest BCUT2D eigenvalue weighted by molar-refractivity contribution is 0.239. The number of aromatic amines is 1. The van der Waals surface area contributed by atoms with Crippen molar-refractivity contribution in [3.05, 3.63) is 12.0 Å². The van der Waals surface area contributed by atoms with Gasteiger partial charge in [0.1, 0.15) is 5.82 Å². The molecule has 7 heteroatoms. The van der Waals surface area contributed by atoms with Crippen LogP contribution in [0.4, 0.5) is 0 Å². The minimum Gasteiger partial charge on any atom is -0.332 e. The molecule has 1 aliphatic rings. The lowest BCUT2D eigenvalue weighted by Gasteiger charge is -2.38. The Morgan fingerprint density at radius 2 is 2.37 bits per heavy atom. The standard InChI is InChI=1S/C12H20ClN3O2S/c1-9-4-3-5-12(6-9,8-13)16-19(17,18)11-7-14-10(2)15-11/h7,9,16H,3-6,8H2,1-2H3,(H,14,15). The first-order valence-electron chi connectivity index (χ1n) is 6.48. The SMILES string of the molecule is Cc1ncc(S(=O)(=O)NC2(CCl)CCCC(C)C2)[nH]1. The number of sulfonamides is 1. The molecular weight excluding hydrogens is 286 g/mol. The van der Waals surface area contributed by atoms with Crippen molar-refractivity contribution in [3.63, 3.8) is 0 Å². The third-order valence-electron chi connectivity index (χ3n) is 3.67. The quantitative estimate of drug-likeness (QED) is 0.837. The number of halogens is 1. The van der Waals surface area contributed by atoms with Crippen molar-refractivity contribution in [2.24, 2.45) is 5.92 Å². The molecule has 0 saturated heterocycles. The number of H-pyrrole nitrogens is 1. The van der Waals surface area contributed by atoms with Gasteiger partial charge in [0.05, 0.1) is 6.20 Å². The highest BCUT2D eigenvalue weighted by Crippen LogP contribution is 2.34. The van der Waals surface area contributed by atoms with Crippen LogP contribution in [0.15, 0.2) is 11.2 Å². The average molecular weight is 306 g/mol. The zero-order valence-corrected chi connectivity index (χ0v) is 12.8. The van der Waals surface area contributed by atoms with Crippen molar-refractivity contribution >= 4 is 21.6 Å². The Bertz CT molecular complexity index is 543. The third kappa shape index (κ3) is 3.30. The Morgan fingerprint density at radius 3 is 2.89 bits per heavy atom. The van der Waals surface area contributed by atoms with Crippen LogP contribution >= 0.6 is 11.6 Å². The number of alkyl halides is 1. The van der Waals surface area contributed by atoms with Crippen LogP contribution in [0.5, 0.6) is 0 Å². The predicted molar refractivity (Wildman–Crippen MR) is 74.7 cm³/mol. The van der Waals surface area contributed by atoms with Crippen molar-refractivity contribution in [1.82, 2.24) is 14.7 Å². The normalized spacial score (nSPS) is 28.5. The molecule has 5 nitrogen and oxygen atoms in total. The first kappa shape index (κ1) is 14.8. The monoisotopic (exact) mass is 305 g/mol. The molecule has 0 amide bonds. The van der Waals surface area contributed by atoms with Gasteiger partial charge in [-0.2, -0.15) is 0 Å². The number of aryl methyl sites for hydroxylation is 1. The van der Waals surface area contributed by atoms with Gasteiger partial charge in [-0.15, -0.1) is 11.6 Å². The molecule has 1 aromatic rings. The van der Waals surface area contributed by atoms with E-state index in [2.05, 4.69) is 21.6 Å². The number of nitrogens with zero attached hydrogens (tertiary/aromatic N) is 1. The maximum atomic E-state index is 12.3. The molecule has 0 radical (unpaired) electrons. The largest absolute Gasteiger partial charge is 0.332 e. The van der Waals surface area contributed by atoms with Gasteiger partial charge in [0.2, 0.25) is 0 Å². The van der Waals surface area contributed by atoms with E-state index in [0.717, 1.165) is 25.7 Å². The van der Waals surface area contributed by atoms with Crippen molar-refractivity contribution in [2.45, 2.75) is 50.1 Å². The van der Waals surface area contributed by atoms with Gasteiger partial charge in [0.15, 0.2) is 5.03 Å². The maximum Gasteiger partial charge on any atom is 0.258 e. The Labute approximate surface area is 119 Å². The summed E-state index contributed by atoms with van der Waals surface area (Å²) in [5.41, 5.74) is -0.531. The highest BCUT2D eigenvalue weighted by Gasteiger charge is 2.38. The number of hydrogen-bond acceptors (Lipinski definition) is 3. The van der Waals surface area contributed by atoms with Gasteiger partial charge < -0.3 is 4.98 Å². The molecule has 1 saturated carbocycles. The van der Waals surface area contributed by atoms with Gasteiger partial charge in [-0.1, -0.05) is 19.8 Å². The number of aromatic nitrogens is 2. The van der Waals surface area contributed by atoms with Crippen LogP contribution in [-0.4, -0.2) is 29.8 Å². The average Bonchev–Trinajstić information content (AvgIpc) is 2.76. The molecular formula is C12H20ClN3O2S. The highest BCUT2D eigenvalue weighted by molar-refractivity contribution is 7.89. The van der Waals surface area contributed by atoms with E-state index < -0.39 is 15.6 Å². The molecule has 0 bridgehead atoms. The van der Waals surface area contributed by atoms with E-state index in [1.54, 1.807) is 6.92 Å². The van der Waals surface area contributed by atoms with Crippen molar-refractivity contribution in [3.8, 4) is 0 Å². The fourth-order valence-corrected chi connectivity index (χ4v) is 4.58. The van der Waals surface area contributed by atoms with Gasteiger partial charge in [-0.05, 0) is 25.7 Å². The molecule has 0 aliphatic heterocycles. The molecule has 108 valence electrons. The second kappa shape index (κ2) is 5.42. The Kier molecular flexibility index (Phi) is 4.23. The second-order valence-corrected chi connectivity index (χ2v) is 7.47. The van der Waals surface area contributed by atoms with Crippen LogP contribution in [0.3, 0.4) is 0 Å². The summed E-state index contributed by atoms with van der Waals surface area (Å²) in [5.74, 6) is 1.36. The molecule has 1 aromatic heterocycles. The van der Waals surface area contributed by atoms with E-state index in [-0.39, 0.29) is 5.03 Å². The van der Waals surface area contributed by atoms with Gasteiger partial charge in [0.25, 0.3) is 10.0 Å². The van der Waals surface area contributed by atoms with E-state index in [1.165, 1.54) is 6.20 Å². The predicted octanol–water partition coefficient (Wildman–Crippen LogP) is 2.18. The molecule has 2 unspecified atom stereocenters. The van der Waals surface area contributed by atoms with Crippen molar-refractivity contribution in [2.75, 3.05) is 5.88 Å². The zero-order chi connectivity index (χ0) is 14.1. The van der Waals surface area contributed by atoms with E-state index in [0.29, 0.717) is 17.6 Å². The first-order valence-corrected chi connectivity index (χ1v) is 8.50. The summed E-state index contributed by atoms with van der Waals surface area (Å²) in [5, 5.41) is 0.104. The Hall–Kier alpha value is -0.590. The second-order valence-electron chi connectivity index (χ2n) is 5.55. The molecule has 2 N–H and O–H groups in total. The van der Waals surface area contributed by atoms with Crippen LogP contribution < -0.4 is 4.72 Å². The van der Waals surface area contributed by atoms with Crippen LogP contribution in [0.2, 0.25) is 0 Å². The molecule has 0 aromatic carbocycles. The van der Waals surface area contributed by atoms with Gasteiger partial charge >= 0.3 is 0 Å². The van der Waals surface area contributed by atoms with Crippen LogP contribution in [0.25, 0.3) is 0 Å². The Morgan fingerprint density at radius 1 is 1.63 bits per heavy atom. The van der Waals surface area contributed by atoms with Crippen molar-refractivity contribution in [1.29, 1.82) is 0 Å². The van der Waals surface area contributed by atoms with Crippen LogP contribution in [0, 0.1) is 12.8 Å². The summed E-state index contributed by atoms with van der Waals surface area (Å²) < 4.78 is 27.5. The summed E-state index contributed by atoms with van der Waals surface area (Å²) in [6, 6.07) is 0. The molecule has 2 rings (SSSR count). The minimum atomic E-state index is -3.59. The minimum absolute atomic E-state index is 0.104. The number of imidazole rings is 1. The van der Waals surface area contributed by atoms with Gasteiger partial charge in [-0.3, -0.25) is 0 Å². The van der Waals surface area contributed by atoms with E-state index >= 15 is 0 Å². The fourth-order valence-electron chi connectivity index (χ4n) is 2.78. The molecule has 0 spiro atoms. The molecule has 19 heavy (non-hydrogen) atoms. The summed E-state index contributed by atoms with van der Waals surface area (Å²) in [6.07, 6.45) is 5.03. The molecule has 1 heterocycles. The van der Waals surface area contributed by atoms with Gasteiger partial charge in [0, 0.05) is 11.4 Å². The number of rotatable bonds is 4. The Balaban J connectivity index is 2.22. The molecule has 1 fully saturated rings. The first-order chi connectivity index (χ1) is 8.87. The maximum absolute atomic E-state index is 12.3. The highest BCUT2D eigenvalue weighted by atomic mass is 35.5. The summed E-state index contributed by atoms with van der Waals surface area (Å²) in [4.78, 5) is 6.69. The zero-order valence-electron chi connectivity index (χ0n) is 11.2. The number of hydrogen-bond donors (Lipinski definition) is 2. The third-order valence-corrected chi connectivity index (χ3v) is 5.67. The smallest absolute Gasteiger partial charge is 0.258 e. The van der Waals surface area contributed by atoms with E-state index in [4.69, 9.17) is 11.6 Å². The summed E-state index contributed by atoms with van der Waals surface area (Å²) in [7, 11) is -3.59. The summed E-state index contributed by atoms with van der Waals surface area (Å²) in [6.45, 7) is 3.86. The molecule has 1 aliphatic carbocycles. The van der Waals surface area contributed by atoms with Crippen LogP contribution in [0.1, 0.15) is 38.4 Å². The van der Waals surface area contributed by atoms with Crippen molar-refractivity contribution < 1.29 is 8.42 Å². The fraction of sp³-hybridized carbons (Fsp3) is 0.750. The van der Waals surface area contributed by atoms with Gasteiger partial charge in [-0.25, -0.2) is 18.1 Å². The summed E-state index contributed by atoms with van der Waals surface area (Å²) >= 11 is 6.05. The number of nitrogens with one attached hydrogen (secondary N) is 2. The lowest BCUT2D eigenvalue weighted by Crippen LogP contribution is -2.52. The van der Waals surface area contributed by atoms with E-state index in [1.807, 2.05) is 0 Å². The van der Waals surface area contributed by atoms with Crippen LogP contribution in [-0.2, 0) is 10.0 Å².